The highest BCUT2D eigenvalue weighted by molar-refractivity contribution is 7.89. The molecule has 9 heteroatoms. The van der Waals surface area contributed by atoms with Gasteiger partial charge in [-0.2, -0.15) is 5.10 Å². The maximum absolute atomic E-state index is 12.2. The number of nitrogens with one attached hydrogen (secondary N) is 2. The summed E-state index contributed by atoms with van der Waals surface area (Å²) in [6, 6.07) is 0.795. The Balaban J connectivity index is 2.27. The van der Waals surface area contributed by atoms with Gasteiger partial charge in [-0.3, -0.25) is 9.89 Å². The Labute approximate surface area is 116 Å². The van der Waals surface area contributed by atoms with Gasteiger partial charge in [-0.05, 0) is 13.0 Å². The maximum atomic E-state index is 12.2. The monoisotopic (exact) mass is 297 g/mol. The summed E-state index contributed by atoms with van der Waals surface area (Å²) in [5.74, 6) is -0.683. The smallest absolute Gasteiger partial charge is 0.265 e. The molecule has 8 nitrogen and oxygen atoms in total. The standard InChI is InChI=1S/C11H15N5O3S/c1-7(8-4-13-14-5-8)15-20(18,19)9-3-10(11(12)17)16(2)6-9/h3-7,15H,1-2H3,(H2,12,17)(H,13,14). The number of aromatic nitrogens is 3. The van der Waals surface area contributed by atoms with Crippen molar-refractivity contribution in [3.8, 4) is 0 Å². The van der Waals surface area contributed by atoms with Crippen LogP contribution in [0.5, 0.6) is 0 Å². The highest BCUT2D eigenvalue weighted by Gasteiger charge is 2.22. The van der Waals surface area contributed by atoms with Crippen molar-refractivity contribution in [2.75, 3.05) is 0 Å². The van der Waals surface area contributed by atoms with Gasteiger partial charge >= 0.3 is 0 Å². The Morgan fingerprint density at radius 2 is 2.25 bits per heavy atom. The first-order valence-corrected chi connectivity index (χ1v) is 7.27. The van der Waals surface area contributed by atoms with E-state index in [4.69, 9.17) is 5.73 Å². The Morgan fingerprint density at radius 3 is 2.75 bits per heavy atom. The molecule has 0 aliphatic rings. The molecule has 0 spiro atoms. The van der Waals surface area contributed by atoms with E-state index in [1.807, 2.05) is 0 Å². The van der Waals surface area contributed by atoms with Gasteiger partial charge in [0.05, 0.1) is 6.20 Å². The number of hydrogen-bond donors (Lipinski definition) is 3. The van der Waals surface area contributed by atoms with E-state index >= 15 is 0 Å². The van der Waals surface area contributed by atoms with Crippen LogP contribution in [-0.4, -0.2) is 29.1 Å². The summed E-state index contributed by atoms with van der Waals surface area (Å²) in [6.45, 7) is 1.69. The number of hydrogen-bond acceptors (Lipinski definition) is 4. The highest BCUT2D eigenvalue weighted by atomic mass is 32.2. The molecule has 1 amide bonds. The van der Waals surface area contributed by atoms with E-state index in [1.54, 1.807) is 20.2 Å². The summed E-state index contributed by atoms with van der Waals surface area (Å²) in [4.78, 5) is 11.1. The van der Waals surface area contributed by atoms with E-state index in [9.17, 15) is 13.2 Å². The molecule has 0 saturated carbocycles. The molecular formula is C11H15N5O3S. The highest BCUT2D eigenvalue weighted by Crippen LogP contribution is 2.17. The van der Waals surface area contributed by atoms with Gasteiger partial charge in [0.2, 0.25) is 10.0 Å². The molecule has 2 heterocycles. The van der Waals surface area contributed by atoms with Gasteiger partial charge in [0.1, 0.15) is 10.6 Å². The summed E-state index contributed by atoms with van der Waals surface area (Å²) in [6.07, 6.45) is 4.48. The Bertz CT molecular complexity index is 717. The van der Waals surface area contributed by atoms with Crippen molar-refractivity contribution in [2.45, 2.75) is 17.9 Å². The van der Waals surface area contributed by atoms with Crippen molar-refractivity contribution in [3.05, 3.63) is 35.9 Å². The summed E-state index contributed by atoms with van der Waals surface area (Å²) >= 11 is 0. The molecule has 2 rings (SSSR count). The van der Waals surface area contributed by atoms with Crippen LogP contribution < -0.4 is 10.5 Å². The van der Waals surface area contributed by atoms with Crippen molar-refractivity contribution in [2.24, 2.45) is 12.8 Å². The summed E-state index contributed by atoms with van der Waals surface area (Å²) in [5.41, 5.74) is 6.00. The van der Waals surface area contributed by atoms with Crippen molar-refractivity contribution in [1.82, 2.24) is 19.5 Å². The molecule has 0 fully saturated rings. The molecule has 2 aromatic rings. The zero-order valence-electron chi connectivity index (χ0n) is 11.0. The second-order valence-electron chi connectivity index (χ2n) is 4.41. The quantitative estimate of drug-likeness (QED) is 0.712. The lowest BCUT2D eigenvalue weighted by Crippen LogP contribution is -2.26. The van der Waals surface area contributed by atoms with Crippen LogP contribution in [0.25, 0.3) is 0 Å². The lowest BCUT2D eigenvalue weighted by atomic mass is 10.2. The molecule has 0 bridgehead atoms. The number of nitrogens with two attached hydrogens (primary N) is 1. The summed E-state index contributed by atoms with van der Waals surface area (Å²) < 4.78 is 28.3. The van der Waals surface area contributed by atoms with E-state index in [0.29, 0.717) is 5.56 Å². The fraction of sp³-hybridized carbons (Fsp3) is 0.273. The largest absolute Gasteiger partial charge is 0.364 e. The minimum Gasteiger partial charge on any atom is -0.364 e. The van der Waals surface area contributed by atoms with Crippen LogP contribution in [0.1, 0.15) is 29.0 Å². The number of sulfonamides is 1. The van der Waals surface area contributed by atoms with Gasteiger partial charge in [-0.25, -0.2) is 13.1 Å². The normalized spacial score (nSPS) is 13.3. The third kappa shape index (κ3) is 2.73. The molecule has 0 saturated heterocycles. The van der Waals surface area contributed by atoms with E-state index < -0.39 is 22.0 Å². The molecule has 0 radical (unpaired) electrons. The first-order valence-electron chi connectivity index (χ1n) is 5.78. The number of aromatic amines is 1. The lowest BCUT2D eigenvalue weighted by Gasteiger charge is -2.11. The van der Waals surface area contributed by atoms with Crippen molar-refractivity contribution >= 4 is 15.9 Å². The van der Waals surface area contributed by atoms with Gasteiger partial charge < -0.3 is 10.3 Å². The van der Waals surface area contributed by atoms with Crippen molar-refractivity contribution in [1.29, 1.82) is 0 Å². The van der Waals surface area contributed by atoms with Gasteiger partial charge in [0, 0.05) is 31.0 Å². The third-order valence-electron chi connectivity index (χ3n) is 2.89. The zero-order valence-corrected chi connectivity index (χ0v) is 11.8. The first kappa shape index (κ1) is 14.3. The first-order chi connectivity index (χ1) is 9.31. The topological polar surface area (TPSA) is 123 Å². The van der Waals surface area contributed by atoms with Gasteiger partial charge in [-0.1, -0.05) is 0 Å². The van der Waals surface area contributed by atoms with Gasteiger partial charge in [0.25, 0.3) is 5.91 Å². The Kier molecular flexibility index (Phi) is 3.64. The predicted molar refractivity (Wildman–Crippen MR) is 71.3 cm³/mol. The number of rotatable bonds is 5. The van der Waals surface area contributed by atoms with Crippen LogP contribution in [0.15, 0.2) is 29.6 Å². The molecule has 108 valence electrons. The zero-order chi connectivity index (χ0) is 14.9. The number of nitrogens with zero attached hydrogens (tertiary/aromatic N) is 2. The number of primary amides is 1. The van der Waals surface area contributed by atoms with Crippen LogP contribution in [0.3, 0.4) is 0 Å². The van der Waals surface area contributed by atoms with Crippen LogP contribution in [0.2, 0.25) is 0 Å². The molecule has 1 atom stereocenters. The molecule has 0 aliphatic carbocycles. The molecule has 2 aromatic heterocycles. The second kappa shape index (κ2) is 5.10. The fourth-order valence-corrected chi connectivity index (χ4v) is 3.09. The number of aryl methyl sites for hydroxylation is 1. The SMILES string of the molecule is CC(NS(=O)(=O)c1cc(C(N)=O)n(C)c1)c1cn[nH]c1. The number of carbonyl (C=O) groups is 1. The maximum Gasteiger partial charge on any atom is 0.265 e. The number of amides is 1. The summed E-state index contributed by atoms with van der Waals surface area (Å²) in [5, 5.41) is 6.38. The Morgan fingerprint density at radius 1 is 1.55 bits per heavy atom. The predicted octanol–water partition coefficient (Wildman–Crippen LogP) is -0.113. The van der Waals surface area contributed by atoms with Gasteiger partial charge in [0.15, 0.2) is 0 Å². The van der Waals surface area contributed by atoms with E-state index in [0.717, 1.165) is 0 Å². The molecular weight excluding hydrogens is 282 g/mol. The third-order valence-corrected chi connectivity index (χ3v) is 4.40. The lowest BCUT2D eigenvalue weighted by molar-refractivity contribution is 0.0992. The second-order valence-corrected chi connectivity index (χ2v) is 6.12. The fourth-order valence-electron chi connectivity index (χ4n) is 1.79. The minimum absolute atomic E-state index is 0.0101. The van der Waals surface area contributed by atoms with Crippen LogP contribution in [0.4, 0.5) is 0 Å². The minimum atomic E-state index is -3.74. The molecule has 0 aromatic carbocycles. The van der Waals surface area contributed by atoms with Crippen LogP contribution in [-0.2, 0) is 17.1 Å². The van der Waals surface area contributed by atoms with E-state index in [-0.39, 0.29) is 10.6 Å². The van der Waals surface area contributed by atoms with E-state index in [2.05, 4.69) is 14.9 Å². The average Bonchev–Trinajstić information content (AvgIpc) is 2.96. The van der Waals surface area contributed by atoms with E-state index in [1.165, 1.54) is 23.0 Å². The molecule has 4 N–H and O–H groups in total. The van der Waals surface area contributed by atoms with Crippen molar-refractivity contribution < 1.29 is 13.2 Å². The molecule has 0 aliphatic heterocycles. The molecule has 1 unspecified atom stereocenters. The van der Waals surface area contributed by atoms with Crippen LogP contribution >= 0.6 is 0 Å². The number of carbonyl (C=O) groups excluding carboxylic acids is 1. The Hall–Kier alpha value is -2.13. The van der Waals surface area contributed by atoms with Crippen LogP contribution in [0, 0.1) is 0 Å². The average molecular weight is 297 g/mol. The van der Waals surface area contributed by atoms with Gasteiger partial charge in [-0.15, -0.1) is 0 Å². The molecule has 20 heavy (non-hydrogen) atoms. The summed E-state index contributed by atoms with van der Waals surface area (Å²) in [7, 11) is -2.19. The number of H-pyrrole nitrogens is 1. The van der Waals surface area contributed by atoms with Crippen molar-refractivity contribution in [3.63, 3.8) is 0 Å².